The van der Waals surface area contributed by atoms with E-state index < -0.39 is 5.92 Å². The Morgan fingerprint density at radius 1 is 1.26 bits per heavy atom. The van der Waals surface area contributed by atoms with Crippen LogP contribution < -0.4 is 20.1 Å². The van der Waals surface area contributed by atoms with Gasteiger partial charge in [0.1, 0.15) is 12.1 Å². The van der Waals surface area contributed by atoms with Gasteiger partial charge in [0.15, 0.2) is 17.3 Å². The number of Topliss-reactive ketones (excluding diaryl/α,β-unsaturated/α-hetero) is 1. The topological polar surface area (TPSA) is 130 Å². The summed E-state index contributed by atoms with van der Waals surface area (Å²) in [7, 11) is 3.10. The average Bonchev–Trinajstić information content (AvgIpc) is 3.25. The van der Waals surface area contributed by atoms with Crippen molar-refractivity contribution in [2.24, 2.45) is 11.1 Å². The Hall–Kier alpha value is -3.80. The highest BCUT2D eigenvalue weighted by atomic mass is 16.5. The average molecular weight is 420 g/mol. The van der Waals surface area contributed by atoms with Crippen LogP contribution in [0.3, 0.4) is 0 Å². The van der Waals surface area contributed by atoms with Gasteiger partial charge in [-0.1, -0.05) is 19.9 Å². The number of carbonyl (C=O) groups excluding carboxylic acids is 1. The third-order valence-electron chi connectivity index (χ3n) is 5.74. The predicted octanol–water partition coefficient (Wildman–Crippen LogP) is 2.76. The first-order valence-electron chi connectivity index (χ1n) is 9.84. The number of benzene rings is 1. The Morgan fingerprint density at radius 3 is 2.61 bits per heavy atom. The van der Waals surface area contributed by atoms with Crippen LogP contribution in [0.1, 0.15) is 38.2 Å². The summed E-state index contributed by atoms with van der Waals surface area (Å²) in [5.41, 5.74) is 8.54. The first-order chi connectivity index (χ1) is 14.8. The second-order valence-corrected chi connectivity index (χ2v) is 8.40. The lowest BCUT2D eigenvalue weighted by Crippen LogP contribution is -2.42. The van der Waals surface area contributed by atoms with Crippen molar-refractivity contribution in [2.75, 3.05) is 19.1 Å². The summed E-state index contributed by atoms with van der Waals surface area (Å²) in [6.07, 6.45) is 2.33. The zero-order valence-corrected chi connectivity index (χ0v) is 17.9. The van der Waals surface area contributed by atoms with E-state index in [2.05, 4.69) is 21.3 Å². The molecule has 31 heavy (non-hydrogen) atoms. The molecule has 9 nitrogen and oxygen atoms in total. The van der Waals surface area contributed by atoms with Crippen molar-refractivity contribution in [1.82, 2.24) is 15.2 Å². The van der Waals surface area contributed by atoms with E-state index in [1.807, 2.05) is 19.9 Å². The number of carbonyl (C=O) groups is 1. The molecule has 0 unspecified atom stereocenters. The lowest BCUT2D eigenvalue weighted by molar-refractivity contribution is -0.118. The summed E-state index contributed by atoms with van der Waals surface area (Å²) in [4.78, 5) is 19.3. The zero-order chi connectivity index (χ0) is 22.3. The number of methoxy groups -OCH3 is 2. The number of nitriles is 1. The second kappa shape index (κ2) is 7.47. The quantitative estimate of drug-likeness (QED) is 0.772. The van der Waals surface area contributed by atoms with Crippen LogP contribution >= 0.6 is 0 Å². The van der Waals surface area contributed by atoms with Gasteiger partial charge in [0.2, 0.25) is 5.95 Å². The van der Waals surface area contributed by atoms with Crippen LogP contribution in [0.5, 0.6) is 11.5 Å². The number of ether oxygens (including phenoxy) is 2. The third kappa shape index (κ3) is 3.30. The van der Waals surface area contributed by atoms with Crippen molar-refractivity contribution in [3.63, 3.8) is 0 Å². The van der Waals surface area contributed by atoms with E-state index in [0.29, 0.717) is 35.9 Å². The fourth-order valence-corrected chi connectivity index (χ4v) is 4.42. The van der Waals surface area contributed by atoms with Crippen LogP contribution in [0.25, 0.3) is 0 Å². The van der Waals surface area contributed by atoms with Crippen LogP contribution in [0.2, 0.25) is 0 Å². The molecule has 3 N–H and O–H groups in total. The van der Waals surface area contributed by atoms with E-state index in [0.717, 1.165) is 11.3 Å². The lowest BCUT2D eigenvalue weighted by atomic mass is 9.68. The minimum absolute atomic E-state index is 0.0178. The number of nitrogens with zero attached hydrogens (tertiary/aromatic N) is 4. The number of ketones is 1. The van der Waals surface area contributed by atoms with Crippen LogP contribution in [-0.4, -0.2) is 35.2 Å². The summed E-state index contributed by atoms with van der Waals surface area (Å²) in [6.45, 7) is 4.08. The van der Waals surface area contributed by atoms with Crippen LogP contribution in [0.15, 0.2) is 47.2 Å². The zero-order valence-electron chi connectivity index (χ0n) is 17.9. The van der Waals surface area contributed by atoms with Gasteiger partial charge >= 0.3 is 0 Å². The number of nitrogens with two attached hydrogens (primary N) is 1. The number of aromatic nitrogens is 3. The van der Waals surface area contributed by atoms with Gasteiger partial charge in [-0.15, -0.1) is 0 Å². The molecule has 0 spiro atoms. The largest absolute Gasteiger partial charge is 0.493 e. The predicted molar refractivity (Wildman–Crippen MR) is 113 cm³/mol. The molecule has 1 aromatic heterocycles. The van der Waals surface area contributed by atoms with Crippen molar-refractivity contribution >= 4 is 11.7 Å². The van der Waals surface area contributed by atoms with Crippen molar-refractivity contribution in [3.8, 4) is 17.6 Å². The molecule has 9 heteroatoms. The monoisotopic (exact) mass is 420 g/mol. The molecule has 2 aromatic rings. The van der Waals surface area contributed by atoms with Gasteiger partial charge in [-0.05, 0) is 29.5 Å². The third-order valence-corrected chi connectivity index (χ3v) is 5.74. The minimum Gasteiger partial charge on any atom is -0.493 e. The maximum absolute atomic E-state index is 13.4. The highest BCUT2D eigenvalue weighted by Gasteiger charge is 2.45. The first kappa shape index (κ1) is 20.5. The molecule has 1 atom stereocenters. The van der Waals surface area contributed by atoms with E-state index in [1.165, 1.54) is 6.33 Å². The summed E-state index contributed by atoms with van der Waals surface area (Å²) < 4.78 is 10.8. The molecule has 0 bridgehead atoms. The van der Waals surface area contributed by atoms with Gasteiger partial charge < -0.3 is 15.2 Å². The smallest absolute Gasteiger partial charge is 0.231 e. The summed E-state index contributed by atoms with van der Waals surface area (Å²) in [5, 5.41) is 16.8. The maximum Gasteiger partial charge on any atom is 0.231 e. The Kier molecular flexibility index (Phi) is 4.93. The van der Waals surface area contributed by atoms with E-state index >= 15 is 0 Å². The van der Waals surface area contributed by atoms with E-state index in [4.69, 9.17) is 15.2 Å². The van der Waals surface area contributed by atoms with E-state index in [9.17, 15) is 10.1 Å². The number of rotatable bonds is 4. The van der Waals surface area contributed by atoms with Crippen LogP contribution in [-0.2, 0) is 4.79 Å². The molecular formula is C22H24N6O3. The summed E-state index contributed by atoms with van der Waals surface area (Å²) >= 11 is 0. The fraction of sp³-hybridized carbons (Fsp3) is 0.364. The molecule has 2 heterocycles. The van der Waals surface area contributed by atoms with Crippen molar-refractivity contribution in [1.29, 1.82) is 5.26 Å². The van der Waals surface area contributed by atoms with Crippen molar-refractivity contribution < 1.29 is 14.3 Å². The fourth-order valence-electron chi connectivity index (χ4n) is 4.42. The molecule has 160 valence electrons. The van der Waals surface area contributed by atoms with Crippen molar-refractivity contribution in [2.45, 2.75) is 32.6 Å². The molecule has 4 rings (SSSR count). The van der Waals surface area contributed by atoms with Gasteiger partial charge in [0.25, 0.3) is 0 Å². The van der Waals surface area contributed by atoms with E-state index in [1.54, 1.807) is 31.3 Å². The Bertz CT molecular complexity index is 1140. The minimum atomic E-state index is -0.609. The Labute approximate surface area is 180 Å². The van der Waals surface area contributed by atoms with Gasteiger partial charge in [0, 0.05) is 17.7 Å². The SMILES string of the molecule is COc1ccc([C@@H]2C(C#N)=C(N)N(c3ncn[nH]3)C3=C2C(=O)CC(C)(C)C3)cc1OC. The molecule has 0 amide bonds. The molecule has 0 saturated carbocycles. The van der Waals surface area contributed by atoms with Gasteiger partial charge in [-0.25, -0.2) is 5.10 Å². The maximum atomic E-state index is 13.4. The number of anilines is 1. The highest BCUT2D eigenvalue weighted by molar-refractivity contribution is 6.01. The second-order valence-electron chi connectivity index (χ2n) is 8.40. The molecule has 0 saturated heterocycles. The standard InChI is InChI=1S/C22H24N6O3/c1-22(2)8-14-19(15(29)9-22)18(12-5-6-16(30-3)17(7-12)31-4)13(10-23)20(24)28(14)21-25-11-26-27-21/h5-7,11,18H,8-9,24H2,1-4H3,(H,25,26,27)/t18-/m1/s1. The molecule has 0 radical (unpaired) electrons. The number of H-pyrrole nitrogens is 1. The van der Waals surface area contributed by atoms with Crippen molar-refractivity contribution in [3.05, 3.63) is 52.8 Å². The number of hydrogen-bond acceptors (Lipinski definition) is 8. The van der Waals surface area contributed by atoms with Gasteiger partial charge in [-0.2, -0.15) is 15.3 Å². The number of aromatic amines is 1. The Balaban J connectivity index is 1.98. The normalized spacial score (nSPS) is 20.4. The number of allylic oxidation sites excluding steroid dienone is 3. The summed E-state index contributed by atoms with van der Waals surface area (Å²) in [5.74, 6) is 1.04. The summed E-state index contributed by atoms with van der Waals surface area (Å²) in [6, 6.07) is 7.61. The lowest BCUT2D eigenvalue weighted by Gasteiger charge is -2.42. The first-order valence-corrected chi connectivity index (χ1v) is 9.84. The number of nitrogens with one attached hydrogen (secondary N) is 1. The molecular weight excluding hydrogens is 396 g/mol. The van der Waals surface area contributed by atoms with Gasteiger partial charge in [-0.3, -0.25) is 9.69 Å². The van der Waals surface area contributed by atoms with Crippen LogP contribution in [0.4, 0.5) is 5.95 Å². The van der Waals surface area contributed by atoms with Crippen LogP contribution in [0, 0.1) is 16.7 Å². The highest BCUT2D eigenvalue weighted by Crippen LogP contribution is 2.50. The molecule has 2 aliphatic rings. The van der Waals surface area contributed by atoms with Gasteiger partial charge in [0.05, 0.1) is 31.8 Å². The number of hydrogen-bond donors (Lipinski definition) is 2. The molecule has 1 aliphatic carbocycles. The molecule has 0 fully saturated rings. The Morgan fingerprint density at radius 2 is 2.00 bits per heavy atom. The molecule has 1 aliphatic heterocycles. The van der Waals surface area contributed by atoms with E-state index in [-0.39, 0.29) is 22.6 Å². The molecule has 1 aromatic carbocycles.